The van der Waals surface area contributed by atoms with E-state index in [4.69, 9.17) is 12.2 Å². The van der Waals surface area contributed by atoms with Crippen LogP contribution in [0.2, 0.25) is 0 Å². The first-order chi connectivity index (χ1) is 11.1. The van der Waals surface area contributed by atoms with Gasteiger partial charge in [-0.15, -0.1) is 0 Å². The summed E-state index contributed by atoms with van der Waals surface area (Å²) >= 11 is 5.75. The Morgan fingerprint density at radius 1 is 1.09 bits per heavy atom. The number of para-hydroxylation sites is 1. The van der Waals surface area contributed by atoms with Crippen LogP contribution < -0.4 is 5.32 Å². The molecule has 0 spiro atoms. The molecule has 3 rings (SSSR count). The Morgan fingerprint density at radius 2 is 1.87 bits per heavy atom. The number of hydrogen-bond acceptors (Lipinski definition) is 1. The maximum atomic E-state index is 5.75. The van der Waals surface area contributed by atoms with Gasteiger partial charge in [0.1, 0.15) is 0 Å². The molecule has 23 heavy (non-hydrogen) atoms. The van der Waals surface area contributed by atoms with E-state index in [-0.39, 0.29) is 0 Å². The zero-order valence-electron chi connectivity index (χ0n) is 13.9. The molecule has 1 N–H and O–H groups in total. The Balaban J connectivity index is 1.83. The summed E-state index contributed by atoms with van der Waals surface area (Å²) in [6.45, 7) is 3.36. The molecule has 0 unspecified atom stereocenters. The summed E-state index contributed by atoms with van der Waals surface area (Å²) in [5.41, 5.74) is 2.40. The van der Waals surface area contributed by atoms with Crippen LogP contribution in [0.4, 0.5) is 5.69 Å². The summed E-state index contributed by atoms with van der Waals surface area (Å²) in [6, 6.07) is 14.9. The molecule has 0 aliphatic carbocycles. The predicted octanol–water partition coefficient (Wildman–Crippen LogP) is 4.59. The van der Waals surface area contributed by atoms with Crippen molar-refractivity contribution in [1.82, 2.24) is 9.47 Å². The van der Waals surface area contributed by atoms with Crippen molar-refractivity contribution in [3.63, 3.8) is 0 Å². The minimum Gasteiger partial charge on any atom is -0.353 e. The summed E-state index contributed by atoms with van der Waals surface area (Å²) in [5, 5.41) is 4.24. The number of nitrogens with zero attached hydrogens (tertiary/aromatic N) is 2. The monoisotopic (exact) mass is 327 g/mol. The van der Waals surface area contributed by atoms with Crippen molar-refractivity contribution in [2.75, 3.05) is 11.9 Å². The molecule has 3 nitrogen and oxygen atoms in total. The second kappa shape index (κ2) is 7.18. The number of nitrogens with one attached hydrogen (secondary N) is 1. The van der Waals surface area contributed by atoms with Gasteiger partial charge in [-0.2, -0.15) is 0 Å². The van der Waals surface area contributed by atoms with Crippen LogP contribution in [0.15, 0.2) is 48.7 Å². The van der Waals surface area contributed by atoms with E-state index in [9.17, 15) is 0 Å². The molecular formula is C19H25N3S. The fourth-order valence-corrected chi connectivity index (χ4v) is 3.68. The third-order valence-electron chi connectivity index (χ3n) is 4.78. The van der Waals surface area contributed by atoms with E-state index < -0.39 is 0 Å². The van der Waals surface area contributed by atoms with Crippen LogP contribution in [0.3, 0.4) is 0 Å². The van der Waals surface area contributed by atoms with Crippen molar-refractivity contribution in [3.05, 3.63) is 54.4 Å². The van der Waals surface area contributed by atoms with Crippen LogP contribution in [0.5, 0.6) is 0 Å². The lowest BCUT2D eigenvalue weighted by Crippen LogP contribution is -2.38. The molecule has 1 aromatic carbocycles. The van der Waals surface area contributed by atoms with Gasteiger partial charge in [0.2, 0.25) is 0 Å². The molecular weight excluding hydrogens is 302 g/mol. The highest BCUT2D eigenvalue weighted by Gasteiger charge is 2.28. The smallest absolute Gasteiger partial charge is 0.173 e. The Labute approximate surface area is 144 Å². The summed E-state index contributed by atoms with van der Waals surface area (Å²) in [4.78, 5) is 2.38. The Bertz CT molecular complexity index is 650. The molecule has 1 aliphatic rings. The molecule has 0 saturated carbocycles. The molecule has 1 aromatic heterocycles. The number of aryl methyl sites for hydroxylation is 1. The van der Waals surface area contributed by atoms with Crippen LogP contribution in [0, 0.1) is 5.92 Å². The minimum absolute atomic E-state index is 0.351. The summed E-state index contributed by atoms with van der Waals surface area (Å²) < 4.78 is 2.22. The number of rotatable bonds is 2. The summed E-state index contributed by atoms with van der Waals surface area (Å²) in [5.74, 6) is 0.752. The molecule has 2 aromatic rings. The van der Waals surface area contributed by atoms with E-state index >= 15 is 0 Å². The van der Waals surface area contributed by atoms with Gasteiger partial charge >= 0.3 is 0 Å². The fraction of sp³-hybridized carbons (Fsp3) is 0.421. The average molecular weight is 327 g/mol. The summed E-state index contributed by atoms with van der Waals surface area (Å²) in [7, 11) is 2.12. The largest absolute Gasteiger partial charge is 0.353 e. The van der Waals surface area contributed by atoms with Gasteiger partial charge in [0.05, 0.1) is 6.04 Å². The Kier molecular flexibility index (Phi) is 5.01. The maximum absolute atomic E-state index is 5.75. The molecule has 2 atom stereocenters. The van der Waals surface area contributed by atoms with Crippen molar-refractivity contribution >= 4 is 23.0 Å². The molecule has 0 radical (unpaired) electrons. The molecule has 4 heteroatoms. The topological polar surface area (TPSA) is 20.2 Å². The van der Waals surface area contributed by atoms with Crippen LogP contribution in [0.1, 0.15) is 37.9 Å². The third kappa shape index (κ3) is 3.75. The lowest BCUT2D eigenvalue weighted by Gasteiger charge is -2.33. The molecule has 2 heterocycles. The van der Waals surface area contributed by atoms with Gasteiger partial charge in [0.15, 0.2) is 5.11 Å². The molecule has 0 bridgehead atoms. The second-order valence-corrected chi connectivity index (χ2v) is 6.91. The first-order valence-electron chi connectivity index (χ1n) is 8.39. The molecule has 1 fully saturated rings. The zero-order valence-corrected chi connectivity index (χ0v) is 14.7. The number of anilines is 1. The number of thiocarbonyl (C=S) groups is 1. The van der Waals surface area contributed by atoms with E-state index in [1.807, 2.05) is 18.2 Å². The summed E-state index contributed by atoms with van der Waals surface area (Å²) in [6.07, 6.45) is 5.71. The highest BCUT2D eigenvalue weighted by molar-refractivity contribution is 7.80. The second-order valence-electron chi connectivity index (χ2n) is 6.52. The lowest BCUT2D eigenvalue weighted by atomic mass is 10.0. The lowest BCUT2D eigenvalue weighted by molar-refractivity contribution is 0.314. The minimum atomic E-state index is 0.351. The van der Waals surface area contributed by atoms with E-state index in [0.717, 1.165) is 29.7 Å². The van der Waals surface area contributed by atoms with Crippen molar-refractivity contribution in [2.24, 2.45) is 13.0 Å². The fourth-order valence-electron chi connectivity index (χ4n) is 3.35. The van der Waals surface area contributed by atoms with Crippen LogP contribution in [-0.2, 0) is 7.05 Å². The van der Waals surface area contributed by atoms with Crippen molar-refractivity contribution < 1.29 is 0 Å². The van der Waals surface area contributed by atoms with Crippen molar-refractivity contribution in [2.45, 2.75) is 32.2 Å². The van der Waals surface area contributed by atoms with Gasteiger partial charge in [-0.25, -0.2) is 0 Å². The quantitative estimate of drug-likeness (QED) is 0.815. The van der Waals surface area contributed by atoms with Crippen LogP contribution in [-0.4, -0.2) is 21.1 Å². The third-order valence-corrected chi connectivity index (χ3v) is 5.12. The van der Waals surface area contributed by atoms with E-state index in [1.54, 1.807) is 0 Å². The predicted molar refractivity (Wildman–Crippen MR) is 101 cm³/mol. The van der Waals surface area contributed by atoms with E-state index in [0.29, 0.717) is 6.04 Å². The number of benzene rings is 1. The normalized spacial score (nSPS) is 21.7. The SMILES string of the molecule is C[C@@H]1CC[C@H](c2cccn2C)N(C(=S)Nc2ccccc2)CC1. The highest BCUT2D eigenvalue weighted by atomic mass is 32.1. The van der Waals surface area contributed by atoms with E-state index in [1.165, 1.54) is 18.5 Å². The number of likely N-dealkylation sites (tertiary alicyclic amines) is 1. The van der Waals surface area contributed by atoms with Gasteiger partial charge in [-0.1, -0.05) is 25.1 Å². The van der Waals surface area contributed by atoms with Gasteiger partial charge in [0, 0.05) is 31.2 Å². The standard InChI is InChI=1S/C19H25N3S/c1-15-10-11-18(17-9-6-13-21(17)2)22(14-12-15)19(23)20-16-7-4-3-5-8-16/h3-9,13,15,18H,10-12,14H2,1-2H3,(H,20,23)/t15-,18-/m1/s1. The molecule has 122 valence electrons. The first kappa shape index (κ1) is 16.1. The van der Waals surface area contributed by atoms with Crippen LogP contribution in [0.25, 0.3) is 0 Å². The molecule has 0 amide bonds. The van der Waals surface area contributed by atoms with E-state index in [2.05, 4.69) is 59.2 Å². The zero-order chi connectivity index (χ0) is 16.2. The van der Waals surface area contributed by atoms with Gasteiger partial charge in [-0.3, -0.25) is 0 Å². The van der Waals surface area contributed by atoms with Crippen LogP contribution >= 0.6 is 12.2 Å². The number of aromatic nitrogens is 1. The Hall–Kier alpha value is -1.81. The van der Waals surface area contributed by atoms with Gasteiger partial charge in [-0.05, 0) is 61.7 Å². The van der Waals surface area contributed by atoms with Crippen molar-refractivity contribution in [3.8, 4) is 0 Å². The van der Waals surface area contributed by atoms with Gasteiger partial charge in [0.25, 0.3) is 0 Å². The van der Waals surface area contributed by atoms with Gasteiger partial charge < -0.3 is 14.8 Å². The average Bonchev–Trinajstić information content (AvgIpc) is 2.87. The molecule has 1 aliphatic heterocycles. The molecule has 1 saturated heterocycles. The maximum Gasteiger partial charge on any atom is 0.173 e. The highest BCUT2D eigenvalue weighted by Crippen LogP contribution is 2.32. The first-order valence-corrected chi connectivity index (χ1v) is 8.80. The van der Waals surface area contributed by atoms with Crippen molar-refractivity contribution in [1.29, 1.82) is 0 Å². The Morgan fingerprint density at radius 3 is 2.57 bits per heavy atom. The number of hydrogen-bond donors (Lipinski definition) is 1.